The van der Waals surface area contributed by atoms with E-state index in [0.717, 1.165) is 5.56 Å². The first-order valence-corrected chi connectivity index (χ1v) is 7.46. The fraction of sp³-hybridized carbons (Fsp3) is 0.765. The summed E-state index contributed by atoms with van der Waals surface area (Å²) in [6, 6.07) is 0. The standard InChI is InChI=1S/C17H27F3N2/c1-14(2,3)10-11(15(4,5)6)21-13(17(18,19)20)22-12(10)16(7,8)9/h1-9H3. The van der Waals surface area contributed by atoms with Crippen molar-refractivity contribution in [3.05, 3.63) is 22.8 Å². The van der Waals surface area contributed by atoms with Gasteiger partial charge in [0.05, 0.1) is 11.4 Å². The molecule has 2 nitrogen and oxygen atoms in total. The molecule has 0 unspecified atom stereocenters. The summed E-state index contributed by atoms with van der Waals surface area (Å²) in [5, 5.41) is 0. The number of rotatable bonds is 0. The van der Waals surface area contributed by atoms with Gasteiger partial charge in [-0.15, -0.1) is 0 Å². The zero-order valence-electron chi connectivity index (χ0n) is 15.0. The van der Waals surface area contributed by atoms with E-state index in [0.29, 0.717) is 11.4 Å². The number of nitrogens with zero attached hydrogens (tertiary/aromatic N) is 2. The van der Waals surface area contributed by atoms with Crippen LogP contribution in [0.15, 0.2) is 0 Å². The second-order valence-corrected chi connectivity index (χ2v) is 8.87. The lowest BCUT2D eigenvalue weighted by atomic mass is 9.73. The van der Waals surface area contributed by atoms with Gasteiger partial charge in [0, 0.05) is 16.4 Å². The number of halogens is 3. The molecular weight excluding hydrogens is 289 g/mol. The number of alkyl halides is 3. The van der Waals surface area contributed by atoms with Crippen LogP contribution >= 0.6 is 0 Å². The van der Waals surface area contributed by atoms with Gasteiger partial charge >= 0.3 is 6.18 Å². The molecule has 0 amide bonds. The van der Waals surface area contributed by atoms with E-state index < -0.39 is 22.8 Å². The Hall–Kier alpha value is -1.13. The van der Waals surface area contributed by atoms with Gasteiger partial charge in [0.15, 0.2) is 0 Å². The van der Waals surface area contributed by atoms with Crippen molar-refractivity contribution < 1.29 is 13.2 Å². The Morgan fingerprint density at radius 3 is 1.09 bits per heavy atom. The molecule has 22 heavy (non-hydrogen) atoms. The van der Waals surface area contributed by atoms with Crippen LogP contribution in [0.1, 0.15) is 85.1 Å². The molecule has 1 aromatic rings. The lowest BCUT2D eigenvalue weighted by molar-refractivity contribution is -0.145. The molecule has 0 N–H and O–H groups in total. The van der Waals surface area contributed by atoms with E-state index >= 15 is 0 Å². The predicted octanol–water partition coefficient (Wildman–Crippen LogP) is 5.39. The van der Waals surface area contributed by atoms with Gasteiger partial charge in [0.2, 0.25) is 5.82 Å². The second kappa shape index (κ2) is 5.20. The topological polar surface area (TPSA) is 25.8 Å². The molecule has 0 saturated carbocycles. The molecule has 0 aliphatic carbocycles. The average molecular weight is 316 g/mol. The van der Waals surface area contributed by atoms with Crippen molar-refractivity contribution in [2.45, 2.75) is 84.7 Å². The van der Waals surface area contributed by atoms with Crippen LogP contribution < -0.4 is 0 Å². The van der Waals surface area contributed by atoms with Gasteiger partial charge in [-0.1, -0.05) is 62.3 Å². The molecule has 1 rings (SSSR count). The molecule has 126 valence electrons. The molecule has 0 fully saturated rings. The summed E-state index contributed by atoms with van der Waals surface area (Å²) in [6.45, 7) is 17.3. The summed E-state index contributed by atoms with van der Waals surface area (Å²) in [7, 11) is 0. The Labute approximate surface area is 131 Å². The highest BCUT2D eigenvalue weighted by atomic mass is 19.4. The quantitative estimate of drug-likeness (QED) is 0.641. The first-order valence-electron chi connectivity index (χ1n) is 7.46. The fourth-order valence-electron chi connectivity index (χ4n) is 2.38. The van der Waals surface area contributed by atoms with E-state index in [1.165, 1.54) is 0 Å². The van der Waals surface area contributed by atoms with Gasteiger partial charge in [-0.2, -0.15) is 13.2 Å². The number of hydrogen-bond donors (Lipinski definition) is 0. The summed E-state index contributed by atoms with van der Waals surface area (Å²) in [5.74, 6) is -1.05. The summed E-state index contributed by atoms with van der Waals surface area (Å²) in [4.78, 5) is 7.84. The third-order valence-corrected chi connectivity index (χ3v) is 3.33. The lowest BCUT2D eigenvalue weighted by Crippen LogP contribution is -2.32. The van der Waals surface area contributed by atoms with Crippen molar-refractivity contribution >= 4 is 0 Å². The fourth-order valence-corrected chi connectivity index (χ4v) is 2.38. The maximum atomic E-state index is 13.2. The van der Waals surface area contributed by atoms with Crippen LogP contribution in [0, 0.1) is 0 Å². The molecule has 1 heterocycles. The van der Waals surface area contributed by atoms with Crippen molar-refractivity contribution in [2.75, 3.05) is 0 Å². The van der Waals surface area contributed by atoms with Gasteiger partial charge in [0.1, 0.15) is 0 Å². The van der Waals surface area contributed by atoms with Gasteiger partial charge in [-0.05, 0) is 5.41 Å². The van der Waals surface area contributed by atoms with E-state index in [4.69, 9.17) is 0 Å². The van der Waals surface area contributed by atoms with Crippen molar-refractivity contribution in [3.8, 4) is 0 Å². The Balaban J connectivity index is 3.96. The minimum Gasteiger partial charge on any atom is -0.229 e. The largest absolute Gasteiger partial charge is 0.451 e. The third-order valence-electron chi connectivity index (χ3n) is 3.33. The molecule has 1 aromatic heterocycles. The molecule has 0 aromatic carbocycles. The van der Waals surface area contributed by atoms with Crippen molar-refractivity contribution in [2.24, 2.45) is 0 Å². The Morgan fingerprint density at radius 1 is 0.591 bits per heavy atom. The summed E-state index contributed by atoms with van der Waals surface area (Å²) in [5.41, 5.74) is 0.451. The van der Waals surface area contributed by atoms with E-state index in [2.05, 4.69) is 9.97 Å². The first-order chi connectivity index (χ1) is 9.45. The lowest BCUT2D eigenvalue weighted by Gasteiger charge is -2.35. The van der Waals surface area contributed by atoms with Gasteiger partial charge in [-0.25, -0.2) is 9.97 Å². The highest BCUT2D eigenvalue weighted by Gasteiger charge is 2.41. The molecule has 0 spiro atoms. The van der Waals surface area contributed by atoms with Gasteiger partial charge in [-0.3, -0.25) is 0 Å². The van der Waals surface area contributed by atoms with E-state index in [1.54, 1.807) is 0 Å². The van der Waals surface area contributed by atoms with Crippen LogP contribution in [0.3, 0.4) is 0 Å². The molecule has 0 atom stereocenters. The molecular formula is C17H27F3N2. The molecule has 0 saturated heterocycles. The van der Waals surface area contributed by atoms with Crippen molar-refractivity contribution in [3.63, 3.8) is 0 Å². The van der Waals surface area contributed by atoms with Crippen LogP contribution in [0.5, 0.6) is 0 Å². The Morgan fingerprint density at radius 2 is 0.909 bits per heavy atom. The highest BCUT2D eigenvalue weighted by Crippen LogP contribution is 2.40. The Bertz CT molecular complexity index is 518. The predicted molar refractivity (Wildman–Crippen MR) is 83.1 cm³/mol. The summed E-state index contributed by atoms with van der Waals surface area (Å²) in [6.07, 6.45) is -4.55. The summed E-state index contributed by atoms with van der Waals surface area (Å²) < 4.78 is 39.7. The minimum atomic E-state index is -4.55. The Kier molecular flexibility index (Phi) is 4.48. The van der Waals surface area contributed by atoms with Crippen LogP contribution in [0.2, 0.25) is 0 Å². The number of aromatic nitrogens is 2. The van der Waals surface area contributed by atoms with E-state index in [1.807, 2.05) is 62.3 Å². The van der Waals surface area contributed by atoms with Crippen LogP contribution in [-0.4, -0.2) is 9.97 Å². The number of hydrogen-bond acceptors (Lipinski definition) is 2. The van der Waals surface area contributed by atoms with Crippen molar-refractivity contribution in [1.82, 2.24) is 9.97 Å². The zero-order chi connectivity index (χ0) is 17.7. The monoisotopic (exact) mass is 316 g/mol. The average Bonchev–Trinajstić information content (AvgIpc) is 2.22. The van der Waals surface area contributed by atoms with Crippen molar-refractivity contribution in [1.29, 1.82) is 0 Å². The summed E-state index contributed by atoms with van der Waals surface area (Å²) >= 11 is 0. The smallest absolute Gasteiger partial charge is 0.229 e. The minimum absolute atomic E-state index is 0.338. The molecule has 0 radical (unpaired) electrons. The van der Waals surface area contributed by atoms with Crippen LogP contribution in [0.4, 0.5) is 13.2 Å². The SMILES string of the molecule is CC(C)(C)c1nc(C(F)(F)F)nc(C(C)(C)C)c1C(C)(C)C. The van der Waals surface area contributed by atoms with Gasteiger partial charge in [0.25, 0.3) is 0 Å². The highest BCUT2D eigenvalue weighted by molar-refractivity contribution is 5.40. The first kappa shape index (κ1) is 18.9. The van der Waals surface area contributed by atoms with E-state index in [9.17, 15) is 13.2 Å². The molecule has 5 heteroatoms. The van der Waals surface area contributed by atoms with Crippen LogP contribution in [-0.2, 0) is 22.4 Å². The van der Waals surface area contributed by atoms with Gasteiger partial charge < -0.3 is 0 Å². The van der Waals surface area contributed by atoms with Crippen LogP contribution in [0.25, 0.3) is 0 Å². The molecule has 0 aliphatic rings. The second-order valence-electron chi connectivity index (χ2n) is 8.87. The zero-order valence-corrected chi connectivity index (χ0v) is 15.0. The molecule has 0 bridgehead atoms. The maximum absolute atomic E-state index is 13.2. The third kappa shape index (κ3) is 3.99. The van der Waals surface area contributed by atoms with E-state index in [-0.39, 0.29) is 5.41 Å². The molecule has 0 aliphatic heterocycles. The normalized spacial score (nSPS) is 14.4. The maximum Gasteiger partial charge on any atom is 0.451 e.